The minimum atomic E-state index is 0.0913. The number of rotatable bonds is 5. The highest BCUT2D eigenvalue weighted by Crippen LogP contribution is 2.35. The molecule has 2 aliphatic carbocycles. The molecule has 1 aliphatic heterocycles. The summed E-state index contributed by atoms with van der Waals surface area (Å²) >= 11 is 6.19. The molecular formula is C22H31ClN6. The molecular weight excluding hydrogens is 384 g/mol. The van der Waals surface area contributed by atoms with Gasteiger partial charge in [0.15, 0.2) is 5.82 Å². The Morgan fingerprint density at radius 3 is 2.10 bits per heavy atom. The number of halogens is 1. The molecule has 1 unspecified atom stereocenters. The number of nitrogens with zero attached hydrogens (tertiary/aromatic N) is 6. The highest BCUT2D eigenvalue weighted by atomic mass is 35.5. The van der Waals surface area contributed by atoms with Crippen LogP contribution in [0.4, 0.5) is 0 Å². The van der Waals surface area contributed by atoms with Gasteiger partial charge < -0.3 is 0 Å². The predicted octanol–water partition coefficient (Wildman–Crippen LogP) is 4.09. The lowest BCUT2D eigenvalue weighted by Crippen LogP contribution is -2.51. The Hall–Kier alpha value is -1.50. The van der Waals surface area contributed by atoms with Crippen LogP contribution in [0.1, 0.15) is 74.8 Å². The molecule has 156 valence electrons. The summed E-state index contributed by atoms with van der Waals surface area (Å²) in [4.78, 5) is 5.29. The van der Waals surface area contributed by atoms with Gasteiger partial charge in [0, 0.05) is 37.2 Å². The third-order valence-corrected chi connectivity index (χ3v) is 7.43. The highest BCUT2D eigenvalue weighted by molar-refractivity contribution is 6.30. The fourth-order valence-electron chi connectivity index (χ4n) is 5.59. The molecule has 0 radical (unpaired) electrons. The third kappa shape index (κ3) is 4.07. The fourth-order valence-corrected chi connectivity index (χ4v) is 5.71. The SMILES string of the molecule is Clc1ccc(C(c2nnnn2C2CCCC2)N2CCN(C3CCCC3)CC2)cc1. The quantitative estimate of drug-likeness (QED) is 0.737. The fraction of sp³-hybridized carbons (Fsp3) is 0.682. The van der Waals surface area contributed by atoms with Gasteiger partial charge in [0.2, 0.25) is 0 Å². The molecule has 0 bridgehead atoms. The molecule has 7 heteroatoms. The standard InChI is InChI=1S/C22H31ClN6/c23-18-11-9-17(10-12-18)21(22-24-25-26-29(22)20-7-3-4-8-20)28-15-13-27(14-16-28)19-5-1-2-6-19/h9-12,19-21H,1-8,13-16H2. The first kappa shape index (κ1) is 19.5. The number of aromatic nitrogens is 4. The van der Waals surface area contributed by atoms with Crippen molar-refractivity contribution < 1.29 is 0 Å². The summed E-state index contributed by atoms with van der Waals surface area (Å²) in [5.74, 6) is 0.994. The van der Waals surface area contributed by atoms with Crippen LogP contribution in [0.25, 0.3) is 0 Å². The summed E-state index contributed by atoms with van der Waals surface area (Å²) < 4.78 is 2.12. The van der Waals surface area contributed by atoms with Gasteiger partial charge in [0.05, 0.1) is 12.1 Å². The van der Waals surface area contributed by atoms with Crippen molar-refractivity contribution in [1.29, 1.82) is 0 Å². The van der Waals surface area contributed by atoms with Crippen molar-refractivity contribution in [3.05, 3.63) is 40.7 Å². The van der Waals surface area contributed by atoms with Crippen LogP contribution in [0, 0.1) is 0 Å². The van der Waals surface area contributed by atoms with Crippen LogP contribution in [-0.4, -0.2) is 62.2 Å². The molecule has 0 N–H and O–H groups in total. The summed E-state index contributed by atoms with van der Waals surface area (Å²) in [6.45, 7) is 4.39. The van der Waals surface area contributed by atoms with Crippen LogP contribution in [0.3, 0.4) is 0 Å². The highest BCUT2D eigenvalue weighted by Gasteiger charge is 2.34. The van der Waals surface area contributed by atoms with Gasteiger partial charge in [-0.1, -0.05) is 49.4 Å². The maximum absolute atomic E-state index is 6.19. The molecule has 1 saturated heterocycles. The predicted molar refractivity (Wildman–Crippen MR) is 114 cm³/mol. The Morgan fingerprint density at radius 2 is 1.45 bits per heavy atom. The third-order valence-electron chi connectivity index (χ3n) is 7.17. The molecule has 6 nitrogen and oxygen atoms in total. The monoisotopic (exact) mass is 414 g/mol. The second kappa shape index (κ2) is 8.70. The lowest BCUT2D eigenvalue weighted by Gasteiger charge is -2.41. The van der Waals surface area contributed by atoms with Crippen LogP contribution in [0.2, 0.25) is 5.02 Å². The minimum Gasteiger partial charge on any atom is -0.298 e. The maximum atomic E-state index is 6.19. The van der Waals surface area contributed by atoms with Gasteiger partial charge in [-0.2, -0.15) is 0 Å². The molecule has 29 heavy (non-hydrogen) atoms. The van der Waals surface area contributed by atoms with Crippen molar-refractivity contribution in [2.75, 3.05) is 26.2 Å². The van der Waals surface area contributed by atoms with Crippen molar-refractivity contribution in [1.82, 2.24) is 30.0 Å². The maximum Gasteiger partial charge on any atom is 0.173 e. The van der Waals surface area contributed by atoms with E-state index < -0.39 is 0 Å². The van der Waals surface area contributed by atoms with Crippen LogP contribution < -0.4 is 0 Å². The van der Waals surface area contributed by atoms with E-state index in [0.29, 0.717) is 6.04 Å². The largest absolute Gasteiger partial charge is 0.298 e. The van der Waals surface area contributed by atoms with Crippen LogP contribution in [0.5, 0.6) is 0 Å². The van der Waals surface area contributed by atoms with Gasteiger partial charge in [-0.3, -0.25) is 9.80 Å². The van der Waals surface area contributed by atoms with Crippen molar-refractivity contribution in [2.24, 2.45) is 0 Å². The number of benzene rings is 1. The number of piperazine rings is 1. The molecule has 2 heterocycles. The molecule has 0 spiro atoms. The summed E-state index contributed by atoms with van der Waals surface area (Å²) in [5.41, 5.74) is 1.23. The summed E-state index contributed by atoms with van der Waals surface area (Å²) in [6.07, 6.45) is 10.5. The van der Waals surface area contributed by atoms with Gasteiger partial charge in [-0.25, -0.2) is 4.68 Å². The smallest absolute Gasteiger partial charge is 0.173 e. The molecule has 2 saturated carbocycles. The van der Waals surface area contributed by atoms with E-state index in [9.17, 15) is 0 Å². The zero-order valence-corrected chi connectivity index (χ0v) is 17.8. The van der Waals surface area contributed by atoms with Crippen molar-refractivity contribution >= 4 is 11.6 Å². The van der Waals surface area contributed by atoms with E-state index >= 15 is 0 Å². The lowest BCUT2D eigenvalue weighted by molar-refractivity contribution is 0.0765. The van der Waals surface area contributed by atoms with Gasteiger partial charge in [0.25, 0.3) is 0 Å². The van der Waals surface area contributed by atoms with Gasteiger partial charge in [0.1, 0.15) is 0 Å². The molecule has 5 rings (SSSR count). The Labute approximate surface area is 178 Å². The Balaban J connectivity index is 1.41. The zero-order chi connectivity index (χ0) is 19.6. The second-order valence-corrected chi connectivity index (χ2v) is 9.32. The lowest BCUT2D eigenvalue weighted by atomic mass is 10.0. The van der Waals surface area contributed by atoms with E-state index in [1.54, 1.807) is 0 Å². The van der Waals surface area contributed by atoms with E-state index in [1.165, 1.54) is 56.9 Å². The van der Waals surface area contributed by atoms with Crippen LogP contribution in [-0.2, 0) is 0 Å². The molecule has 1 aromatic heterocycles. The van der Waals surface area contributed by atoms with E-state index in [-0.39, 0.29) is 6.04 Å². The van der Waals surface area contributed by atoms with Crippen molar-refractivity contribution in [3.8, 4) is 0 Å². The molecule has 3 fully saturated rings. The topological polar surface area (TPSA) is 50.1 Å². The van der Waals surface area contributed by atoms with Gasteiger partial charge in [-0.15, -0.1) is 5.10 Å². The Morgan fingerprint density at radius 1 is 0.828 bits per heavy atom. The van der Waals surface area contributed by atoms with Gasteiger partial charge >= 0.3 is 0 Å². The first-order chi connectivity index (χ1) is 14.3. The first-order valence-corrected chi connectivity index (χ1v) is 11.7. The van der Waals surface area contributed by atoms with Crippen LogP contribution >= 0.6 is 11.6 Å². The number of hydrogen-bond acceptors (Lipinski definition) is 5. The first-order valence-electron chi connectivity index (χ1n) is 11.3. The molecule has 1 atom stereocenters. The van der Waals surface area contributed by atoms with E-state index in [0.717, 1.165) is 43.1 Å². The van der Waals surface area contributed by atoms with Gasteiger partial charge in [-0.05, 0) is 53.8 Å². The Kier molecular flexibility index (Phi) is 5.84. The second-order valence-electron chi connectivity index (χ2n) is 8.88. The molecule has 1 aromatic carbocycles. The Bertz CT molecular complexity index is 786. The van der Waals surface area contributed by atoms with Crippen molar-refractivity contribution in [3.63, 3.8) is 0 Å². The summed E-state index contributed by atoms with van der Waals surface area (Å²) in [7, 11) is 0. The molecule has 0 amide bonds. The van der Waals surface area contributed by atoms with E-state index in [1.807, 2.05) is 12.1 Å². The molecule has 2 aromatic rings. The zero-order valence-electron chi connectivity index (χ0n) is 17.1. The molecule has 3 aliphatic rings. The summed E-state index contributed by atoms with van der Waals surface area (Å²) in [5, 5.41) is 13.8. The van der Waals surface area contributed by atoms with E-state index in [4.69, 9.17) is 11.6 Å². The average molecular weight is 415 g/mol. The van der Waals surface area contributed by atoms with Crippen LogP contribution in [0.15, 0.2) is 24.3 Å². The normalized spacial score (nSPS) is 23.8. The summed E-state index contributed by atoms with van der Waals surface area (Å²) in [6, 6.07) is 9.59. The van der Waals surface area contributed by atoms with Crippen molar-refractivity contribution in [2.45, 2.75) is 69.5 Å². The average Bonchev–Trinajstić information content (AvgIpc) is 3.52. The minimum absolute atomic E-state index is 0.0913. The number of hydrogen-bond donors (Lipinski definition) is 0. The van der Waals surface area contributed by atoms with E-state index in [2.05, 4.69) is 42.1 Å². The number of tetrazole rings is 1.